The van der Waals surface area contributed by atoms with E-state index in [1.807, 2.05) is 0 Å². The first-order chi connectivity index (χ1) is 34.5. The van der Waals surface area contributed by atoms with Crippen molar-refractivity contribution in [2.45, 2.75) is 329 Å². The van der Waals surface area contributed by atoms with E-state index in [4.69, 9.17) is 14.2 Å². The Morgan fingerprint density at radius 3 is 0.857 bits per heavy atom. The third kappa shape index (κ3) is 56.3. The molecular formula is C64H116O6. The molecule has 0 fully saturated rings. The number of hydrogen-bond acceptors (Lipinski definition) is 6. The van der Waals surface area contributed by atoms with Crippen molar-refractivity contribution in [3.05, 3.63) is 48.6 Å². The zero-order valence-corrected chi connectivity index (χ0v) is 46.8. The normalized spacial score (nSPS) is 12.3. The highest BCUT2D eigenvalue weighted by molar-refractivity contribution is 5.71. The molecule has 6 heteroatoms. The van der Waals surface area contributed by atoms with Crippen LogP contribution in [0.5, 0.6) is 0 Å². The van der Waals surface area contributed by atoms with Gasteiger partial charge in [0.25, 0.3) is 0 Å². The topological polar surface area (TPSA) is 78.9 Å². The molecule has 0 heterocycles. The fourth-order valence-corrected chi connectivity index (χ4v) is 8.93. The quantitative estimate of drug-likeness (QED) is 0.0261. The summed E-state index contributed by atoms with van der Waals surface area (Å²) in [7, 11) is 0. The Morgan fingerprint density at radius 1 is 0.286 bits per heavy atom. The van der Waals surface area contributed by atoms with Crippen molar-refractivity contribution in [3.8, 4) is 0 Å². The second kappa shape index (κ2) is 58.9. The van der Waals surface area contributed by atoms with Crippen molar-refractivity contribution >= 4 is 17.9 Å². The highest BCUT2D eigenvalue weighted by Gasteiger charge is 2.19. The molecule has 0 amide bonds. The number of carbonyl (C=O) groups excluding carboxylic acids is 3. The van der Waals surface area contributed by atoms with Gasteiger partial charge in [0.05, 0.1) is 0 Å². The fourth-order valence-electron chi connectivity index (χ4n) is 8.93. The Balaban J connectivity index is 4.41. The van der Waals surface area contributed by atoms with Gasteiger partial charge in [0, 0.05) is 19.3 Å². The van der Waals surface area contributed by atoms with Crippen molar-refractivity contribution in [2.24, 2.45) is 0 Å². The summed E-state index contributed by atoms with van der Waals surface area (Å²) in [6.07, 6.45) is 72.6. The molecule has 0 aliphatic carbocycles. The average Bonchev–Trinajstić information content (AvgIpc) is 3.36. The van der Waals surface area contributed by atoms with Gasteiger partial charge in [-0.3, -0.25) is 14.4 Å². The molecule has 0 spiro atoms. The van der Waals surface area contributed by atoms with Crippen molar-refractivity contribution in [1.82, 2.24) is 0 Å². The highest BCUT2D eigenvalue weighted by atomic mass is 16.6. The molecule has 0 rings (SSSR count). The minimum atomic E-state index is -0.799. The summed E-state index contributed by atoms with van der Waals surface area (Å²) in [5, 5.41) is 0. The first kappa shape index (κ1) is 67.4. The number of allylic oxidation sites excluding steroid dienone is 8. The zero-order valence-electron chi connectivity index (χ0n) is 46.8. The van der Waals surface area contributed by atoms with Gasteiger partial charge in [0.2, 0.25) is 0 Å². The van der Waals surface area contributed by atoms with E-state index in [2.05, 4.69) is 69.4 Å². The summed E-state index contributed by atoms with van der Waals surface area (Å²) in [6.45, 7) is 6.63. The van der Waals surface area contributed by atoms with Crippen LogP contribution in [0, 0.1) is 0 Å². The molecule has 0 bridgehead atoms. The first-order valence-corrected chi connectivity index (χ1v) is 30.6. The molecule has 6 nitrogen and oxygen atoms in total. The van der Waals surface area contributed by atoms with Crippen LogP contribution < -0.4 is 0 Å². The summed E-state index contributed by atoms with van der Waals surface area (Å²) >= 11 is 0. The molecule has 0 saturated heterocycles. The molecule has 0 aliphatic rings. The Hall–Kier alpha value is -2.63. The average molecular weight is 982 g/mol. The predicted octanol–water partition coefficient (Wildman–Crippen LogP) is 20.6. The van der Waals surface area contributed by atoms with Crippen LogP contribution in [-0.4, -0.2) is 37.2 Å². The van der Waals surface area contributed by atoms with Crippen molar-refractivity contribution in [1.29, 1.82) is 0 Å². The maximum absolute atomic E-state index is 12.9. The van der Waals surface area contributed by atoms with Crippen molar-refractivity contribution in [3.63, 3.8) is 0 Å². The van der Waals surface area contributed by atoms with Crippen molar-refractivity contribution in [2.75, 3.05) is 13.2 Å². The van der Waals surface area contributed by atoms with E-state index in [9.17, 15) is 14.4 Å². The number of rotatable bonds is 56. The van der Waals surface area contributed by atoms with Gasteiger partial charge in [0.15, 0.2) is 6.10 Å². The van der Waals surface area contributed by atoms with Crippen LogP contribution in [-0.2, 0) is 28.6 Å². The van der Waals surface area contributed by atoms with E-state index in [0.29, 0.717) is 19.3 Å². The number of carbonyl (C=O) groups is 3. The predicted molar refractivity (Wildman–Crippen MR) is 302 cm³/mol. The Labute approximate surface area is 435 Å². The van der Waals surface area contributed by atoms with Crippen LogP contribution in [0.4, 0.5) is 0 Å². The number of hydrogen-bond donors (Lipinski definition) is 0. The number of esters is 3. The molecular weight excluding hydrogens is 865 g/mol. The van der Waals surface area contributed by atoms with Gasteiger partial charge < -0.3 is 14.2 Å². The lowest BCUT2D eigenvalue weighted by Gasteiger charge is -2.18. The van der Waals surface area contributed by atoms with Gasteiger partial charge in [-0.25, -0.2) is 0 Å². The van der Waals surface area contributed by atoms with Crippen LogP contribution in [0.15, 0.2) is 48.6 Å². The lowest BCUT2D eigenvalue weighted by atomic mass is 10.0. The van der Waals surface area contributed by atoms with Crippen molar-refractivity contribution < 1.29 is 28.6 Å². The molecule has 0 saturated carbocycles. The Kier molecular flexibility index (Phi) is 56.7. The van der Waals surface area contributed by atoms with Gasteiger partial charge in [-0.1, -0.05) is 275 Å². The van der Waals surface area contributed by atoms with E-state index in [1.54, 1.807) is 0 Å². The fraction of sp³-hybridized carbons (Fsp3) is 0.828. The van der Waals surface area contributed by atoms with E-state index < -0.39 is 6.10 Å². The minimum Gasteiger partial charge on any atom is -0.462 e. The second-order valence-corrected chi connectivity index (χ2v) is 20.6. The molecule has 0 radical (unpaired) electrons. The largest absolute Gasteiger partial charge is 0.462 e. The van der Waals surface area contributed by atoms with Crippen LogP contribution >= 0.6 is 0 Å². The van der Waals surface area contributed by atoms with Gasteiger partial charge in [-0.2, -0.15) is 0 Å². The minimum absolute atomic E-state index is 0.0910. The van der Waals surface area contributed by atoms with E-state index in [0.717, 1.165) is 57.8 Å². The third-order valence-corrected chi connectivity index (χ3v) is 13.6. The van der Waals surface area contributed by atoms with Gasteiger partial charge in [0.1, 0.15) is 13.2 Å². The molecule has 70 heavy (non-hydrogen) atoms. The lowest BCUT2D eigenvalue weighted by Crippen LogP contribution is -2.30. The molecule has 0 aromatic carbocycles. The Bertz CT molecular complexity index is 1220. The maximum Gasteiger partial charge on any atom is 0.306 e. The summed E-state index contributed by atoms with van der Waals surface area (Å²) in [6, 6.07) is 0. The van der Waals surface area contributed by atoms with Gasteiger partial charge in [-0.15, -0.1) is 0 Å². The Morgan fingerprint density at radius 2 is 0.529 bits per heavy atom. The van der Waals surface area contributed by atoms with Gasteiger partial charge >= 0.3 is 17.9 Å². The number of ether oxygens (including phenoxy) is 3. The van der Waals surface area contributed by atoms with Crippen LogP contribution in [0.1, 0.15) is 323 Å². The van der Waals surface area contributed by atoms with Crippen LogP contribution in [0.25, 0.3) is 0 Å². The molecule has 0 aromatic heterocycles. The summed E-state index contributed by atoms with van der Waals surface area (Å²) in [5.41, 5.74) is 0. The summed E-state index contributed by atoms with van der Waals surface area (Å²) in [4.78, 5) is 38.2. The first-order valence-electron chi connectivity index (χ1n) is 30.6. The van der Waals surface area contributed by atoms with Gasteiger partial charge in [-0.05, 0) is 77.0 Å². The molecule has 408 valence electrons. The molecule has 0 aliphatic heterocycles. The maximum atomic E-state index is 12.9. The van der Waals surface area contributed by atoms with E-state index >= 15 is 0 Å². The summed E-state index contributed by atoms with van der Waals surface area (Å²) < 4.78 is 16.9. The highest BCUT2D eigenvalue weighted by Crippen LogP contribution is 2.16. The second-order valence-electron chi connectivity index (χ2n) is 20.6. The number of unbranched alkanes of at least 4 members (excludes halogenated alkanes) is 37. The lowest BCUT2D eigenvalue weighted by molar-refractivity contribution is -0.167. The zero-order chi connectivity index (χ0) is 50.7. The van der Waals surface area contributed by atoms with E-state index in [1.165, 1.54) is 218 Å². The molecule has 1 unspecified atom stereocenters. The monoisotopic (exact) mass is 981 g/mol. The standard InChI is InChI=1S/C64H116O6/c1-4-7-10-13-16-19-22-25-28-31-34-36-39-42-45-48-51-54-57-63(66)69-60-61(70-64(67)58-55-52-49-46-43-40-37-33-30-27-24-21-18-15-12-9-6-3)59-68-62(65)56-53-50-47-44-41-38-35-32-29-26-23-20-17-14-11-8-5-2/h26-27,29-30,37,40,46,49,61H,4-25,28,31-36,38-39,41-45,47-48,50-60H2,1-3H3/b29-26-,30-27-,40-37-,49-46-. The van der Waals surface area contributed by atoms with Crippen LogP contribution in [0.3, 0.4) is 0 Å². The molecule has 0 aromatic rings. The van der Waals surface area contributed by atoms with E-state index in [-0.39, 0.29) is 37.5 Å². The molecule has 1 atom stereocenters. The smallest absolute Gasteiger partial charge is 0.306 e. The summed E-state index contributed by atoms with van der Waals surface area (Å²) in [5.74, 6) is -0.930. The third-order valence-electron chi connectivity index (χ3n) is 13.6. The van der Waals surface area contributed by atoms with Crippen LogP contribution in [0.2, 0.25) is 0 Å². The SMILES string of the molecule is CCCCCCCC/C=C\C/C=C\C/C=C\CCCC(=O)OC(COC(=O)CCCCCCCCC/C=C\CCCCCCCC)COC(=O)CCCCCCCCCCCCCCCCCCCC. The molecule has 0 N–H and O–H groups in total.